The molecule has 0 radical (unpaired) electrons. The summed E-state index contributed by atoms with van der Waals surface area (Å²) in [6.07, 6.45) is 3.11. The standard InChI is InChI=1S/C14H13ClN2O3S/c15-11-3-1-5-14(7-11)21(18,19)17-9-13(10-17)20-12-4-2-6-16-8-12/h1-8,13H,9-10H2. The molecule has 5 nitrogen and oxygen atoms in total. The van der Waals surface area contributed by atoms with Gasteiger partial charge in [0.1, 0.15) is 11.9 Å². The molecule has 0 aliphatic carbocycles. The lowest BCUT2D eigenvalue weighted by atomic mass is 10.2. The lowest BCUT2D eigenvalue weighted by molar-refractivity contribution is 0.0759. The summed E-state index contributed by atoms with van der Waals surface area (Å²) in [4.78, 5) is 4.15. The van der Waals surface area contributed by atoms with Gasteiger partial charge in [-0.25, -0.2) is 8.42 Å². The molecule has 1 fully saturated rings. The van der Waals surface area contributed by atoms with Crippen molar-refractivity contribution in [3.05, 3.63) is 53.8 Å². The van der Waals surface area contributed by atoms with E-state index in [0.717, 1.165) is 0 Å². The molecule has 1 aliphatic heterocycles. The minimum absolute atomic E-state index is 0.150. The average molecular weight is 325 g/mol. The molecule has 1 aliphatic rings. The molecule has 3 rings (SSSR count). The minimum atomic E-state index is -3.50. The second-order valence-corrected chi connectivity index (χ2v) is 7.08. The summed E-state index contributed by atoms with van der Waals surface area (Å²) in [6.45, 7) is 0.646. The van der Waals surface area contributed by atoms with E-state index >= 15 is 0 Å². The van der Waals surface area contributed by atoms with Gasteiger partial charge in [-0.2, -0.15) is 4.31 Å². The molecule has 0 amide bonds. The summed E-state index contributed by atoms with van der Waals surface area (Å²) >= 11 is 5.84. The van der Waals surface area contributed by atoms with Crippen LogP contribution in [-0.2, 0) is 10.0 Å². The van der Waals surface area contributed by atoms with E-state index in [2.05, 4.69) is 4.98 Å². The van der Waals surface area contributed by atoms with Gasteiger partial charge in [0, 0.05) is 11.2 Å². The van der Waals surface area contributed by atoms with E-state index in [9.17, 15) is 8.42 Å². The fourth-order valence-corrected chi connectivity index (χ4v) is 3.86. The molecule has 2 aromatic rings. The van der Waals surface area contributed by atoms with Gasteiger partial charge in [0.2, 0.25) is 10.0 Å². The van der Waals surface area contributed by atoms with E-state index in [0.29, 0.717) is 23.9 Å². The highest BCUT2D eigenvalue weighted by Crippen LogP contribution is 2.25. The van der Waals surface area contributed by atoms with E-state index in [1.807, 2.05) is 0 Å². The quantitative estimate of drug-likeness (QED) is 0.865. The average Bonchev–Trinajstić information content (AvgIpc) is 2.43. The van der Waals surface area contributed by atoms with Gasteiger partial charge in [-0.3, -0.25) is 4.98 Å². The molecule has 1 saturated heterocycles. The number of halogens is 1. The number of sulfonamides is 1. The fraction of sp³-hybridized carbons (Fsp3) is 0.214. The monoisotopic (exact) mass is 324 g/mol. The molecule has 0 bridgehead atoms. The first kappa shape index (κ1) is 14.3. The SMILES string of the molecule is O=S(=O)(c1cccc(Cl)c1)N1CC(Oc2cccnc2)C1. The second-order valence-electron chi connectivity index (χ2n) is 4.71. The molecule has 21 heavy (non-hydrogen) atoms. The highest BCUT2D eigenvalue weighted by molar-refractivity contribution is 7.89. The first-order valence-corrected chi connectivity index (χ1v) is 8.20. The van der Waals surface area contributed by atoms with Crippen LogP contribution in [0.4, 0.5) is 0 Å². The van der Waals surface area contributed by atoms with Crippen LogP contribution in [0.15, 0.2) is 53.7 Å². The normalized spacial score (nSPS) is 16.4. The Bertz CT molecular complexity index is 731. The van der Waals surface area contributed by atoms with Crippen LogP contribution in [0.1, 0.15) is 0 Å². The van der Waals surface area contributed by atoms with Gasteiger partial charge in [0.15, 0.2) is 0 Å². The lowest BCUT2D eigenvalue weighted by Gasteiger charge is -2.37. The van der Waals surface area contributed by atoms with Crippen molar-refractivity contribution < 1.29 is 13.2 Å². The van der Waals surface area contributed by atoms with Crippen molar-refractivity contribution in [3.8, 4) is 5.75 Å². The third-order valence-electron chi connectivity index (χ3n) is 3.19. The van der Waals surface area contributed by atoms with Crippen LogP contribution in [0.25, 0.3) is 0 Å². The minimum Gasteiger partial charge on any atom is -0.486 e. The van der Waals surface area contributed by atoms with Crippen LogP contribution in [0.3, 0.4) is 0 Å². The highest BCUT2D eigenvalue weighted by atomic mass is 35.5. The molecular weight excluding hydrogens is 312 g/mol. The molecule has 110 valence electrons. The number of rotatable bonds is 4. The van der Waals surface area contributed by atoms with Crippen LogP contribution in [0.2, 0.25) is 5.02 Å². The number of ether oxygens (including phenoxy) is 1. The Morgan fingerprint density at radius 2 is 2.05 bits per heavy atom. The van der Waals surface area contributed by atoms with Gasteiger partial charge < -0.3 is 4.74 Å². The fourth-order valence-electron chi connectivity index (χ4n) is 2.06. The third-order valence-corrected chi connectivity index (χ3v) is 5.25. The molecule has 0 saturated carbocycles. The van der Waals surface area contributed by atoms with Gasteiger partial charge >= 0.3 is 0 Å². The largest absolute Gasteiger partial charge is 0.486 e. The number of hydrogen-bond donors (Lipinski definition) is 0. The van der Waals surface area contributed by atoms with Crippen molar-refractivity contribution in [1.29, 1.82) is 0 Å². The summed E-state index contributed by atoms with van der Waals surface area (Å²) in [6, 6.07) is 9.82. The van der Waals surface area contributed by atoms with E-state index in [1.54, 1.807) is 36.7 Å². The van der Waals surface area contributed by atoms with Gasteiger partial charge in [0.05, 0.1) is 24.2 Å². The van der Waals surface area contributed by atoms with E-state index in [4.69, 9.17) is 16.3 Å². The summed E-state index contributed by atoms with van der Waals surface area (Å²) in [5, 5.41) is 0.403. The molecule has 7 heteroatoms. The second kappa shape index (κ2) is 5.63. The van der Waals surface area contributed by atoms with Crippen molar-refractivity contribution >= 4 is 21.6 Å². The Morgan fingerprint density at radius 3 is 2.71 bits per heavy atom. The van der Waals surface area contributed by atoms with E-state index < -0.39 is 10.0 Å². The van der Waals surface area contributed by atoms with Crippen LogP contribution < -0.4 is 4.74 Å². The Balaban J connectivity index is 1.65. The van der Waals surface area contributed by atoms with E-state index in [1.165, 1.54) is 16.4 Å². The maximum absolute atomic E-state index is 12.4. The number of hydrogen-bond acceptors (Lipinski definition) is 4. The number of nitrogens with zero attached hydrogens (tertiary/aromatic N) is 2. The van der Waals surface area contributed by atoms with Gasteiger partial charge in [-0.15, -0.1) is 0 Å². The zero-order chi connectivity index (χ0) is 14.9. The predicted octanol–water partition coefficient (Wildman–Crippen LogP) is 2.19. The maximum atomic E-state index is 12.4. The van der Waals surface area contributed by atoms with Crippen molar-refractivity contribution in [3.63, 3.8) is 0 Å². The zero-order valence-electron chi connectivity index (χ0n) is 11.0. The molecule has 0 unspecified atom stereocenters. The summed E-state index contributed by atoms with van der Waals surface area (Å²) < 4.78 is 31.7. The van der Waals surface area contributed by atoms with Gasteiger partial charge in [-0.05, 0) is 30.3 Å². The molecule has 0 atom stereocenters. The molecule has 1 aromatic carbocycles. The first-order chi connectivity index (χ1) is 10.1. The topological polar surface area (TPSA) is 59.5 Å². The smallest absolute Gasteiger partial charge is 0.243 e. The zero-order valence-corrected chi connectivity index (χ0v) is 12.6. The summed E-state index contributed by atoms with van der Waals surface area (Å²) in [5.74, 6) is 0.641. The Labute approximate surface area is 128 Å². The Kier molecular flexibility index (Phi) is 3.84. The van der Waals surface area contributed by atoms with E-state index in [-0.39, 0.29) is 11.0 Å². The lowest BCUT2D eigenvalue weighted by Crippen LogP contribution is -2.55. The molecule has 1 aromatic heterocycles. The molecule has 2 heterocycles. The Hall–Kier alpha value is -1.63. The summed E-state index contributed by atoms with van der Waals surface area (Å²) in [7, 11) is -3.50. The summed E-state index contributed by atoms with van der Waals surface area (Å²) in [5.41, 5.74) is 0. The Morgan fingerprint density at radius 1 is 1.24 bits per heavy atom. The number of aromatic nitrogens is 1. The third kappa shape index (κ3) is 3.02. The number of pyridine rings is 1. The highest BCUT2D eigenvalue weighted by Gasteiger charge is 2.38. The maximum Gasteiger partial charge on any atom is 0.243 e. The van der Waals surface area contributed by atoms with Gasteiger partial charge in [-0.1, -0.05) is 17.7 Å². The molecular formula is C14H13ClN2O3S. The number of benzene rings is 1. The molecule has 0 N–H and O–H groups in total. The predicted molar refractivity (Wildman–Crippen MR) is 78.9 cm³/mol. The van der Waals surface area contributed by atoms with Crippen LogP contribution in [0, 0.1) is 0 Å². The van der Waals surface area contributed by atoms with Crippen LogP contribution >= 0.6 is 11.6 Å². The van der Waals surface area contributed by atoms with Crippen molar-refractivity contribution in [1.82, 2.24) is 9.29 Å². The van der Waals surface area contributed by atoms with Crippen LogP contribution in [-0.4, -0.2) is 36.9 Å². The van der Waals surface area contributed by atoms with Crippen molar-refractivity contribution in [2.24, 2.45) is 0 Å². The van der Waals surface area contributed by atoms with Crippen molar-refractivity contribution in [2.45, 2.75) is 11.0 Å². The van der Waals surface area contributed by atoms with Crippen molar-refractivity contribution in [2.75, 3.05) is 13.1 Å². The molecule has 0 spiro atoms. The van der Waals surface area contributed by atoms with Crippen LogP contribution in [0.5, 0.6) is 5.75 Å². The first-order valence-electron chi connectivity index (χ1n) is 6.38. The van der Waals surface area contributed by atoms with Gasteiger partial charge in [0.25, 0.3) is 0 Å².